The molecule has 0 atom stereocenters. The van der Waals surface area contributed by atoms with E-state index in [9.17, 15) is 13.2 Å². The minimum atomic E-state index is -3.69. The molecule has 0 bridgehead atoms. The van der Waals surface area contributed by atoms with E-state index < -0.39 is 10.0 Å². The number of sulfonamides is 1. The van der Waals surface area contributed by atoms with Gasteiger partial charge in [0.2, 0.25) is 6.79 Å². The van der Waals surface area contributed by atoms with Crippen molar-refractivity contribution >= 4 is 21.6 Å². The topological polar surface area (TPSA) is 88.6 Å². The van der Waals surface area contributed by atoms with Crippen molar-refractivity contribution in [1.82, 2.24) is 9.80 Å². The summed E-state index contributed by atoms with van der Waals surface area (Å²) >= 11 is 0. The summed E-state index contributed by atoms with van der Waals surface area (Å²) in [6.45, 7) is 7.80. The molecule has 3 aromatic carbocycles. The highest BCUT2D eigenvalue weighted by Gasteiger charge is 2.24. The normalized spacial score (nSPS) is 15.3. The molecule has 10 heteroatoms. The molecule has 9 nitrogen and oxygen atoms in total. The number of carbonyl (C=O) groups is 1. The minimum absolute atomic E-state index is 0.0688. The average Bonchev–Trinajstić information content (AvgIpc) is 3.41. The van der Waals surface area contributed by atoms with Crippen LogP contribution in [0.25, 0.3) is 0 Å². The van der Waals surface area contributed by atoms with Crippen LogP contribution in [-0.4, -0.2) is 70.2 Å². The highest BCUT2D eigenvalue weighted by atomic mass is 32.2. The van der Waals surface area contributed by atoms with E-state index >= 15 is 0 Å². The zero-order valence-corrected chi connectivity index (χ0v) is 23.0. The summed E-state index contributed by atoms with van der Waals surface area (Å²) in [4.78, 5) is 17.1. The van der Waals surface area contributed by atoms with E-state index in [1.54, 1.807) is 55.5 Å². The smallest absolute Gasteiger partial charge is 0.264 e. The van der Waals surface area contributed by atoms with Crippen molar-refractivity contribution in [3.05, 3.63) is 77.9 Å². The Morgan fingerprint density at radius 1 is 0.923 bits per heavy atom. The molecule has 1 fully saturated rings. The number of fused-ring (bicyclic) bond motifs is 1. The van der Waals surface area contributed by atoms with Crippen LogP contribution in [0.4, 0.5) is 5.69 Å². The van der Waals surface area contributed by atoms with Gasteiger partial charge in [0.1, 0.15) is 5.75 Å². The number of piperazine rings is 1. The van der Waals surface area contributed by atoms with Gasteiger partial charge in [-0.3, -0.25) is 14.0 Å². The van der Waals surface area contributed by atoms with Gasteiger partial charge < -0.3 is 19.1 Å². The zero-order valence-electron chi connectivity index (χ0n) is 22.2. The summed E-state index contributed by atoms with van der Waals surface area (Å²) in [5.74, 6) is 2.00. The van der Waals surface area contributed by atoms with Crippen molar-refractivity contribution in [3.63, 3.8) is 0 Å². The third kappa shape index (κ3) is 6.12. The van der Waals surface area contributed by atoms with Crippen molar-refractivity contribution in [1.29, 1.82) is 0 Å². The number of nitrogens with zero attached hydrogens (tertiary/aromatic N) is 3. The van der Waals surface area contributed by atoms with Crippen LogP contribution in [-0.2, 0) is 21.4 Å². The lowest BCUT2D eigenvalue weighted by molar-refractivity contribution is -0.135. The summed E-state index contributed by atoms with van der Waals surface area (Å²) in [6.07, 6.45) is 0. The van der Waals surface area contributed by atoms with Crippen LogP contribution in [0.15, 0.2) is 71.6 Å². The number of anilines is 1. The largest absolute Gasteiger partial charge is 0.484 e. The van der Waals surface area contributed by atoms with Crippen LogP contribution in [0.5, 0.6) is 17.2 Å². The van der Waals surface area contributed by atoms with Crippen LogP contribution in [0, 0.1) is 6.92 Å². The molecule has 2 aliphatic rings. The van der Waals surface area contributed by atoms with E-state index in [0.29, 0.717) is 24.5 Å². The number of benzene rings is 3. The standard InChI is InChI=1S/C29H33N3O6S/c1-3-32(39(34,35)26-11-4-22(2)5-12-26)24-7-9-25(10-8-24)36-20-29(33)31-16-14-30(15-17-31)19-23-6-13-27-28(18-23)38-21-37-27/h4-13,18H,3,14-17,19-21H2,1-2H3. The average molecular weight is 552 g/mol. The quantitative estimate of drug-likeness (QED) is 0.401. The first-order chi connectivity index (χ1) is 18.8. The molecular formula is C29H33N3O6S. The van der Waals surface area contributed by atoms with E-state index in [1.807, 2.05) is 30.0 Å². The molecule has 3 aromatic rings. The maximum absolute atomic E-state index is 13.2. The third-order valence-corrected chi connectivity index (χ3v) is 8.87. The summed E-state index contributed by atoms with van der Waals surface area (Å²) in [7, 11) is -3.69. The Labute approximate surface area is 229 Å². The van der Waals surface area contributed by atoms with Gasteiger partial charge in [-0.25, -0.2) is 8.42 Å². The predicted octanol–water partition coefficient (Wildman–Crippen LogP) is 3.66. The van der Waals surface area contributed by atoms with Crippen molar-refractivity contribution < 1.29 is 27.4 Å². The molecule has 1 saturated heterocycles. The Kier molecular flexibility index (Phi) is 7.94. The number of carbonyl (C=O) groups excluding carboxylic acids is 1. The molecule has 39 heavy (non-hydrogen) atoms. The fraction of sp³-hybridized carbons (Fsp3) is 0.345. The van der Waals surface area contributed by atoms with Crippen molar-refractivity contribution in [2.75, 3.05) is 50.4 Å². The van der Waals surface area contributed by atoms with Crippen LogP contribution in [0.3, 0.4) is 0 Å². The van der Waals surface area contributed by atoms with E-state index in [-0.39, 0.29) is 30.7 Å². The first-order valence-corrected chi connectivity index (χ1v) is 14.5. The molecule has 0 aromatic heterocycles. The number of rotatable bonds is 9. The van der Waals surface area contributed by atoms with Gasteiger partial charge in [-0.1, -0.05) is 23.8 Å². The van der Waals surface area contributed by atoms with E-state index in [4.69, 9.17) is 14.2 Å². The summed E-state index contributed by atoms with van der Waals surface area (Å²) in [5, 5.41) is 0. The number of aryl methyl sites for hydroxylation is 1. The second-order valence-electron chi connectivity index (χ2n) is 9.61. The lowest BCUT2D eigenvalue weighted by Crippen LogP contribution is -2.49. The Balaban J connectivity index is 1.11. The highest BCUT2D eigenvalue weighted by molar-refractivity contribution is 7.92. The van der Waals surface area contributed by atoms with E-state index in [1.165, 1.54) is 4.31 Å². The first kappa shape index (κ1) is 26.8. The van der Waals surface area contributed by atoms with Gasteiger partial charge in [-0.05, 0) is 67.9 Å². The monoisotopic (exact) mass is 551 g/mol. The first-order valence-electron chi connectivity index (χ1n) is 13.0. The van der Waals surface area contributed by atoms with Gasteiger partial charge in [0, 0.05) is 39.3 Å². The van der Waals surface area contributed by atoms with Crippen LogP contribution >= 0.6 is 0 Å². The molecule has 0 unspecified atom stereocenters. The zero-order chi connectivity index (χ0) is 27.4. The molecule has 2 aliphatic heterocycles. The van der Waals surface area contributed by atoms with Gasteiger partial charge in [0.15, 0.2) is 18.1 Å². The van der Waals surface area contributed by atoms with Gasteiger partial charge in [0.05, 0.1) is 10.6 Å². The Morgan fingerprint density at radius 2 is 1.62 bits per heavy atom. The van der Waals surface area contributed by atoms with Crippen molar-refractivity contribution in [2.24, 2.45) is 0 Å². The van der Waals surface area contributed by atoms with Gasteiger partial charge in [-0.15, -0.1) is 0 Å². The number of amides is 1. The molecule has 1 amide bonds. The molecular weight excluding hydrogens is 518 g/mol. The Morgan fingerprint density at radius 3 is 2.31 bits per heavy atom. The summed E-state index contributed by atoms with van der Waals surface area (Å²) < 4.78 is 44.2. The molecule has 0 radical (unpaired) electrons. The van der Waals surface area contributed by atoms with Gasteiger partial charge >= 0.3 is 0 Å². The fourth-order valence-corrected chi connectivity index (χ4v) is 6.20. The second kappa shape index (κ2) is 11.5. The SMILES string of the molecule is CCN(c1ccc(OCC(=O)N2CCN(Cc3ccc4c(c3)OCO4)CC2)cc1)S(=O)(=O)c1ccc(C)cc1. The minimum Gasteiger partial charge on any atom is -0.484 e. The molecule has 206 valence electrons. The highest BCUT2D eigenvalue weighted by Crippen LogP contribution is 2.33. The van der Waals surface area contributed by atoms with Crippen molar-refractivity contribution in [2.45, 2.75) is 25.3 Å². The van der Waals surface area contributed by atoms with Crippen LogP contribution in [0.1, 0.15) is 18.1 Å². The third-order valence-electron chi connectivity index (χ3n) is 6.95. The predicted molar refractivity (Wildman–Crippen MR) is 148 cm³/mol. The Hall–Kier alpha value is -3.76. The summed E-state index contributed by atoms with van der Waals surface area (Å²) in [6, 6.07) is 19.6. The fourth-order valence-electron chi connectivity index (χ4n) is 4.73. The lowest BCUT2D eigenvalue weighted by atomic mass is 10.1. The number of hydrogen-bond acceptors (Lipinski definition) is 7. The Bertz CT molecular complexity index is 1400. The van der Waals surface area contributed by atoms with Crippen LogP contribution in [0.2, 0.25) is 0 Å². The van der Waals surface area contributed by atoms with Crippen molar-refractivity contribution in [3.8, 4) is 17.2 Å². The molecule has 0 aliphatic carbocycles. The molecule has 5 rings (SSSR count). The van der Waals surface area contributed by atoms with Gasteiger partial charge in [0.25, 0.3) is 15.9 Å². The van der Waals surface area contributed by atoms with Gasteiger partial charge in [-0.2, -0.15) is 0 Å². The maximum Gasteiger partial charge on any atom is 0.264 e. The summed E-state index contributed by atoms with van der Waals surface area (Å²) in [5.41, 5.74) is 2.69. The lowest BCUT2D eigenvalue weighted by Gasteiger charge is -2.34. The maximum atomic E-state index is 13.2. The number of hydrogen-bond donors (Lipinski definition) is 0. The second-order valence-corrected chi connectivity index (χ2v) is 11.5. The molecule has 0 spiro atoms. The number of ether oxygens (including phenoxy) is 3. The van der Waals surface area contributed by atoms with Crippen LogP contribution < -0.4 is 18.5 Å². The molecule has 0 saturated carbocycles. The molecule has 0 N–H and O–H groups in total. The van der Waals surface area contributed by atoms with E-state index in [0.717, 1.165) is 42.3 Å². The van der Waals surface area contributed by atoms with E-state index in [2.05, 4.69) is 4.90 Å². The molecule has 2 heterocycles.